The maximum Gasteiger partial charge on any atom is 0.242 e. The molecular weight excluding hydrogens is 625 g/mol. The highest BCUT2D eigenvalue weighted by atomic mass is 79.9. The highest BCUT2D eigenvalue weighted by Crippen LogP contribution is 2.30. The first kappa shape index (κ1) is 23.8. The second kappa shape index (κ2) is 9.86. The molecule has 0 bridgehead atoms. The number of nitrogens with zero attached hydrogens (tertiary/aromatic N) is 4. The zero-order valence-electron chi connectivity index (χ0n) is 16.0. The monoisotopic (exact) mass is 635 g/mol. The van der Waals surface area contributed by atoms with E-state index in [0.717, 1.165) is 32.6 Å². The maximum atomic E-state index is 12.6. The number of rotatable bonds is 7. The Morgan fingerprint density at radius 3 is 2.59 bits per heavy atom. The molecule has 0 aliphatic carbocycles. The molecule has 4 aromatic rings. The number of nitrogens with one attached hydrogen (secondary N) is 1. The predicted octanol–water partition coefficient (Wildman–Crippen LogP) is 6.20. The quantitative estimate of drug-likeness (QED) is 0.192. The highest BCUT2D eigenvalue weighted by Gasteiger charge is 2.19. The van der Waals surface area contributed by atoms with E-state index >= 15 is 0 Å². The fraction of sp³-hybridized carbons (Fsp3) is 0.105. The lowest BCUT2D eigenvalue weighted by Crippen LogP contribution is -2.16. The summed E-state index contributed by atoms with van der Waals surface area (Å²) in [5, 5.41) is 10.8. The maximum absolute atomic E-state index is 12.6. The largest absolute Gasteiger partial charge is 0.292 e. The third kappa shape index (κ3) is 5.40. The third-order valence-electron chi connectivity index (χ3n) is 4.38. The van der Waals surface area contributed by atoms with E-state index in [-0.39, 0.29) is 20.9 Å². The van der Waals surface area contributed by atoms with Crippen molar-refractivity contribution in [3.05, 3.63) is 73.6 Å². The molecule has 0 amide bonds. The van der Waals surface area contributed by atoms with Crippen molar-refractivity contribution in [1.29, 1.82) is 0 Å². The van der Waals surface area contributed by atoms with Crippen LogP contribution in [0.4, 0.5) is 5.69 Å². The van der Waals surface area contributed by atoms with Crippen molar-refractivity contribution < 1.29 is 8.42 Å². The highest BCUT2D eigenvalue weighted by molar-refractivity contribution is 9.10. The minimum Gasteiger partial charge on any atom is -0.292 e. The first-order valence-electron chi connectivity index (χ1n) is 8.92. The average molecular weight is 638 g/mol. The molecule has 2 aromatic heterocycles. The van der Waals surface area contributed by atoms with Crippen LogP contribution in [0.25, 0.3) is 10.8 Å². The number of benzene rings is 2. The van der Waals surface area contributed by atoms with Gasteiger partial charge in [-0.25, -0.2) is 13.4 Å². The Hall–Kier alpha value is -1.37. The van der Waals surface area contributed by atoms with Crippen LogP contribution in [0.5, 0.6) is 0 Å². The van der Waals surface area contributed by atoms with Gasteiger partial charge in [-0.2, -0.15) is 0 Å². The molecule has 0 unspecified atom stereocenters. The average Bonchev–Trinajstić information content (AvgIpc) is 3.11. The van der Waals surface area contributed by atoms with Crippen LogP contribution in [-0.4, -0.2) is 33.3 Å². The molecule has 2 heterocycles. The number of hydrogen-bond donors (Lipinski definition) is 1. The van der Waals surface area contributed by atoms with Gasteiger partial charge in [-0.15, -0.1) is 10.2 Å². The molecule has 4 rings (SSSR count). The van der Waals surface area contributed by atoms with E-state index in [1.807, 2.05) is 41.0 Å². The molecule has 1 N–H and O–H groups in total. The molecular formula is C19H13Br2Cl2N5O2S2. The summed E-state index contributed by atoms with van der Waals surface area (Å²) in [6.45, 7) is 0.460. The minimum atomic E-state index is -3.77. The molecule has 0 atom stereocenters. The van der Waals surface area contributed by atoms with Crippen LogP contribution < -0.4 is 4.72 Å². The molecule has 0 spiro atoms. The smallest absolute Gasteiger partial charge is 0.242 e. The number of hydrogen-bond acceptors (Lipinski definition) is 6. The van der Waals surface area contributed by atoms with Crippen LogP contribution in [0.3, 0.4) is 0 Å². The Kier molecular flexibility index (Phi) is 7.33. The number of anilines is 1. The lowest BCUT2D eigenvalue weighted by molar-refractivity contribution is 0.605. The predicted molar refractivity (Wildman–Crippen MR) is 136 cm³/mol. The summed E-state index contributed by atoms with van der Waals surface area (Å²) in [6.07, 6.45) is 1.34. The molecule has 32 heavy (non-hydrogen) atoms. The topological polar surface area (TPSA) is 89.8 Å². The Balaban J connectivity index is 1.55. The standard InChI is InChI=1S/C19H13Br2Cl2N5O2S2/c20-15-6-5-11(13-3-1-2-4-14(13)15)9-28-18(21)25-26-19(28)31-10-32(29,30)27-16-7-12(22)8-24-17(16)23/h1-8,27H,9-10H2. The van der Waals surface area contributed by atoms with Gasteiger partial charge in [0.05, 0.1) is 17.3 Å². The van der Waals surface area contributed by atoms with E-state index in [1.165, 1.54) is 12.3 Å². The fourth-order valence-corrected chi connectivity index (χ4v) is 6.47. The van der Waals surface area contributed by atoms with Gasteiger partial charge in [-0.3, -0.25) is 9.29 Å². The van der Waals surface area contributed by atoms with Crippen LogP contribution in [0.2, 0.25) is 10.2 Å². The molecule has 0 aliphatic rings. The van der Waals surface area contributed by atoms with E-state index in [1.54, 1.807) is 0 Å². The van der Waals surface area contributed by atoms with Crippen molar-refractivity contribution in [2.75, 3.05) is 9.81 Å². The number of halogens is 4. The van der Waals surface area contributed by atoms with E-state index in [2.05, 4.69) is 51.8 Å². The van der Waals surface area contributed by atoms with Crippen molar-refractivity contribution in [2.24, 2.45) is 0 Å². The minimum absolute atomic E-state index is 0.0102. The Morgan fingerprint density at radius 2 is 1.81 bits per heavy atom. The summed E-state index contributed by atoms with van der Waals surface area (Å²) in [6, 6.07) is 13.4. The van der Waals surface area contributed by atoms with Crippen LogP contribution in [0.15, 0.2) is 63.0 Å². The van der Waals surface area contributed by atoms with Crippen LogP contribution >= 0.6 is 66.8 Å². The molecule has 0 saturated heterocycles. The van der Waals surface area contributed by atoms with Crippen molar-refractivity contribution in [3.8, 4) is 0 Å². The first-order chi connectivity index (χ1) is 15.2. The SMILES string of the molecule is O=S(=O)(CSc1nnc(Br)n1Cc1ccc(Br)c2ccccc12)Nc1cc(Cl)cnc1Cl. The summed E-state index contributed by atoms with van der Waals surface area (Å²) in [4.78, 5) is 3.84. The van der Waals surface area contributed by atoms with Crippen LogP contribution in [0, 0.1) is 0 Å². The zero-order chi connectivity index (χ0) is 22.9. The zero-order valence-corrected chi connectivity index (χ0v) is 22.3. The van der Waals surface area contributed by atoms with Gasteiger partial charge in [-0.1, -0.05) is 81.2 Å². The lowest BCUT2D eigenvalue weighted by atomic mass is 10.0. The van der Waals surface area contributed by atoms with E-state index in [9.17, 15) is 8.42 Å². The van der Waals surface area contributed by atoms with Crippen LogP contribution in [0.1, 0.15) is 5.56 Å². The molecule has 13 heteroatoms. The summed E-state index contributed by atoms with van der Waals surface area (Å²) >= 11 is 19.9. The molecule has 0 fully saturated rings. The lowest BCUT2D eigenvalue weighted by Gasteiger charge is -2.12. The van der Waals surface area contributed by atoms with Gasteiger partial charge in [0.1, 0.15) is 5.08 Å². The van der Waals surface area contributed by atoms with Gasteiger partial charge >= 0.3 is 0 Å². The normalized spacial score (nSPS) is 11.8. The Bertz CT molecular complexity index is 1420. The second-order valence-corrected chi connectivity index (χ2v) is 11.9. The van der Waals surface area contributed by atoms with Gasteiger partial charge in [0.15, 0.2) is 10.3 Å². The van der Waals surface area contributed by atoms with Gasteiger partial charge in [0.2, 0.25) is 14.8 Å². The number of pyridine rings is 1. The number of sulfonamides is 1. The second-order valence-electron chi connectivity index (χ2n) is 6.56. The van der Waals surface area contributed by atoms with E-state index in [4.69, 9.17) is 23.2 Å². The van der Waals surface area contributed by atoms with E-state index < -0.39 is 10.0 Å². The molecule has 0 saturated carbocycles. The molecule has 7 nitrogen and oxygen atoms in total. The summed E-state index contributed by atoms with van der Waals surface area (Å²) < 4.78 is 30.9. The van der Waals surface area contributed by atoms with Gasteiger partial charge in [-0.05, 0) is 44.4 Å². The molecule has 0 radical (unpaired) electrons. The first-order valence-corrected chi connectivity index (χ1v) is 13.9. The number of fused-ring (bicyclic) bond motifs is 1. The summed E-state index contributed by atoms with van der Waals surface area (Å²) in [7, 11) is -3.77. The number of thioether (sulfide) groups is 1. The van der Waals surface area contributed by atoms with Crippen LogP contribution in [-0.2, 0) is 16.6 Å². The van der Waals surface area contributed by atoms with Gasteiger partial charge in [0.25, 0.3) is 0 Å². The summed E-state index contributed by atoms with van der Waals surface area (Å²) in [5.41, 5.74) is 1.16. The fourth-order valence-electron chi connectivity index (χ4n) is 2.96. The molecule has 0 aliphatic heterocycles. The van der Waals surface area contributed by atoms with Gasteiger partial charge in [0, 0.05) is 10.7 Å². The van der Waals surface area contributed by atoms with Crippen molar-refractivity contribution in [3.63, 3.8) is 0 Å². The number of aromatic nitrogens is 4. The Morgan fingerprint density at radius 1 is 1.06 bits per heavy atom. The summed E-state index contributed by atoms with van der Waals surface area (Å²) in [5.74, 6) is 0. The van der Waals surface area contributed by atoms with Gasteiger partial charge < -0.3 is 0 Å². The third-order valence-corrected chi connectivity index (χ3v) is 8.97. The molecule has 166 valence electrons. The molecule has 2 aromatic carbocycles. The van der Waals surface area contributed by atoms with Crippen molar-refractivity contribution in [2.45, 2.75) is 11.7 Å². The van der Waals surface area contributed by atoms with E-state index in [0.29, 0.717) is 16.4 Å². The van der Waals surface area contributed by atoms with Crippen molar-refractivity contribution in [1.82, 2.24) is 19.7 Å². The Labute approximate surface area is 215 Å². The van der Waals surface area contributed by atoms with Crippen molar-refractivity contribution >= 4 is 93.3 Å².